The molecule has 3 rings (SSSR count). The van der Waals surface area contributed by atoms with Gasteiger partial charge in [0.05, 0.1) is 27.7 Å². The lowest BCUT2D eigenvalue weighted by atomic mass is 9.95. The third-order valence-corrected chi connectivity index (χ3v) is 5.12. The van der Waals surface area contributed by atoms with Gasteiger partial charge in [-0.15, -0.1) is 0 Å². The second-order valence-corrected chi connectivity index (χ2v) is 8.10. The molecule has 23 heavy (non-hydrogen) atoms. The molecule has 1 aliphatic rings. The van der Waals surface area contributed by atoms with E-state index >= 15 is 0 Å². The summed E-state index contributed by atoms with van der Waals surface area (Å²) >= 11 is 1.89. The summed E-state index contributed by atoms with van der Waals surface area (Å²) in [6.45, 7) is 3.33. The Morgan fingerprint density at radius 3 is 2.39 bits per heavy atom. The van der Waals surface area contributed by atoms with E-state index in [2.05, 4.69) is 76.6 Å². The molecule has 0 amide bonds. The van der Waals surface area contributed by atoms with Crippen molar-refractivity contribution >= 4 is 17.3 Å². The van der Waals surface area contributed by atoms with Crippen LogP contribution in [0, 0.1) is 6.92 Å². The highest BCUT2D eigenvalue weighted by Gasteiger charge is 2.20. The van der Waals surface area contributed by atoms with Gasteiger partial charge in [0.1, 0.15) is 0 Å². The van der Waals surface area contributed by atoms with Gasteiger partial charge >= 0.3 is 0 Å². The van der Waals surface area contributed by atoms with Gasteiger partial charge in [-0.3, -0.25) is 0 Å². The molecule has 0 aliphatic carbocycles. The molecule has 0 N–H and O–H groups in total. The second-order valence-electron chi connectivity index (χ2n) is 7.02. The average molecular weight is 437 g/mol. The number of quaternary nitrogens is 1. The first-order valence-corrected chi connectivity index (χ1v) is 8.64. The molecule has 1 aliphatic heterocycles. The van der Waals surface area contributed by atoms with Crippen LogP contribution in [0.3, 0.4) is 0 Å². The molecular weight excluding hydrogens is 413 g/mol. The van der Waals surface area contributed by atoms with E-state index in [1.54, 1.807) is 0 Å². The lowest BCUT2D eigenvalue weighted by Gasteiger charge is -2.25. The Balaban J connectivity index is 0.00000192. The van der Waals surface area contributed by atoms with Gasteiger partial charge in [-0.2, -0.15) is 0 Å². The number of fused-ring (bicyclic) bond motifs is 2. The van der Waals surface area contributed by atoms with Crippen molar-refractivity contribution in [1.29, 1.82) is 0 Å². The molecule has 0 bridgehead atoms. The fraction of sp³-hybridized carbons (Fsp3) is 0.300. The first-order chi connectivity index (χ1) is 10.4. The van der Waals surface area contributed by atoms with E-state index in [4.69, 9.17) is 0 Å². The smallest absolute Gasteiger partial charge is 0.0815 e. The molecule has 0 aromatic heterocycles. The number of hydrogen-bond donors (Lipinski definition) is 0. The van der Waals surface area contributed by atoms with Crippen molar-refractivity contribution in [2.75, 3.05) is 27.7 Å². The fourth-order valence-corrected chi connectivity index (χ4v) is 3.89. The maximum atomic E-state index is 2.43. The summed E-state index contributed by atoms with van der Waals surface area (Å²) in [7, 11) is 6.75. The van der Waals surface area contributed by atoms with Gasteiger partial charge in [-0.1, -0.05) is 53.7 Å². The summed E-state index contributed by atoms with van der Waals surface area (Å²) in [5.41, 5.74) is 5.51. The number of benzene rings is 2. The summed E-state index contributed by atoms with van der Waals surface area (Å²) in [6.07, 6.45) is 3.53. The predicted octanol–water partition coefficient (Wildman–Crippen LogP) is 1.99. The van der Waals surface area contributed by atoms with Crippen molar-refractivity contribution in [2.24, 2.45) is 0 Å². The van der Waals surface area contributed by atoms with Crippen LogP contribution in [-0.4, -0.2) is 32.2 Å². The van der Waals surface area contributed by atoms with Crippen LogP contribution >= 0.6 is 11.8 Å². The molecule has 0 spiro atoms. The van der Waals surface area contributed by atoms with Crippen LogP contribution in [0.1, 0.15) is 23.1 Å². The molecule has 2 aromatic carbocycles. The zero-order chi connectivity index (χ0) is 15.7. The number of hydrogen-bond acceptors (Lipinski definition) is 1. The van der Waals surface area contributed by atoms with Crippen molar-refractivity contribution in [3.05, 3.63) is 65.2 Å². The molecule has 122 valence electrons. The minimum atomic E-state index is 0. The van der Waals surface area contributed by atoms with E-state index in [9.17, 15) is 0 Å². The number of nitrogens with zero attached hydrogens (tertiary/aromatic N) is 1. The zero-order valence-corrected chi connectivity index (χ0v) is 17.2. The summed E-state index contributed by atoms with van der Waals surface area (Å²) in [5.74, 6) is 0. The highest BCUT2D eigenvalue weighted by Crippen LogP contribution is 2.45. The van der Waals surface area contributed by atoms with Gasteiger partial charge in [0.25, 0.3) is 0 Å². The molecule has 0 saturated heterocycles. The standard InChI is InChI=1S/C20H24NS.HI/c1-15-11-12-20-18(14-15)16(9-7-13-21(2,3)4)17-8-5-6-10-19(17)22-20;/h5-6,8-12,14H,7,13H2,1-4H3;1H/q+1;/p-1/b16-9-;. The molecule has 1 nitrogen and oxygen atoms in total. The Hall–Kier alpha value is -0.780. The van der Waals surface area contributed by atoms with E-state index in [1.807, 2.05) is 11.8 Å². The fourth-order valence-electron chi connectivity index (χ4n) is 2.80. The third-order valence-electron chi connectivity index (χ3n) is 3.97. The Morgan fingerprint density at radius 2 is 1.65 bits per heavy atom. The first-order valence-electron chi connectivity index (χ1n) is 7.83. The van der Waals surface area contributed by atoms with E-state index in [0.717, 1.165) is 17.4 Å². The van der Waals surface area contributed by atoms with Crippen LogP contribution in [0.4, 0.5) is 0 Å². The Morgan fingerprint density at radius 1 is 0.957 bits per heavy atom. The normalized spacial score (nSPS) is 14.9. The summed E-state index contributed by atoms with van der Waals surface area (Å²) < 4.78 is 1.00. The largest absolute Gasteiger partial charge is 1.00 e. The van der Waals surface area contributed by atoms with Gasteiger partial charge in [-0.25, -0.2) is 0 Å². The Kier molecular flexibility index (Phi) is 5.98. The quantitative estimate of drug-likeness (QED) is 0.446. The number of rotatable bonds is 3. The summed E-state index contributed by atoms with van der Waals surface area (Å²) in [5, 5.41) is 0. The van der Waals surface area contributed by atoms with Gasteiger partial charge in [-0.05, 0) is 35.8 Å². The van der Waals surface area contributed by atoms with Crippen LogP contribution < -0.4 is 24.0 Å². The monoisotopic (exact) mass is 437 g/mol. The van der Waals surface area contributed by atoms with Crippen LogP contribution in [0.15, 0.2) is 58.3 Å². The van der Waals surface area contributed by atoms with E-state index in [1.165, 1.54) is 32.1 Å². The highest BCUT2D eigenvalue weighted by molar-refractivity contribution is 7.99. The Labute approximate surface area is 161 Å². The minimum Gasteiger partial charge on any atom is -1.00 e. The first kappa shape index (κ1) is 18.6. The van der Waals surface area contributed by atoms with Gasteiger partial charge < -0.3 is 28.5 Å². The van der Waals surface area contributed by atoms with Crippen molar-refractivity contribution in [1.82, 2.24) is 0 Å². The zero-order valence-electron chi connectivity index (χ0n) is 14.3. The van der Waals surface area contributed by atoms with Crippen molar-refractivity contribution in [2.45, 2.75) is 23.1 Å². The molecule has 1 heterocycles. The molecule has 0 fully saturated rings. The topological polar surface area (TPSA) is 0 Å². The van der Waals surface area contributed by atoms with E-state index in [-0.39, 0.29) is 24.0 Å². The SMILES string of the molecule is Cc1ccc2c(c1)/C(=C\CC[N+](C)(C)C)c1ccccc1S2.[I-]. The molecule has 0 unspecified atom stereocenters. The van der Waals surface area contributed by atoms with E-state index < -0.39 is 0 Å². The van der Waals surface area contributed by atoms with Crippen LogP contribution in [0.2, 0.25) is 0 Å². The summed E-state index contributed by atoms with van der Waals surface area (Å²) in [6, 6.07) is 15.6. The molecule has 0 atom stereocenters. The Bertz CT molecular complexity index is 729. The average Bonchev–Trinajstić information content (AvgIpc) is 2.46. The third kappa shape index (κ3) is 4.40. The minimum absolute atomic E-state index is 0. The van der Waals surface area contributed by atoms with Gasteiger partial charge in [0.15, 0.2) is 0 Å². The predicted molar refractivity (Wildman–Crippen MR) is 96.3 cm³/mol. The lowest BCUT2D eigenvalue weighted by Crippen LogP contribution is -3.00. The molecule has 0 saturated carbocycles. The number of aryl methyl sites for hydroxylation is 1. The van der Waals surface area contributed by atoms with Crippen molar-refractivity contribution in [3.8, 4) is 0 Å². The van der Waals surface area contributed by atoms with Crippen LogP contribution in [-0.2, 0) is 0 Å². The van der Waals surface area contributed by atoms with E-state index in [0.29, 0.717) is 0 Å². The molecule has 2 aromatic rings. The van der Waals surface area contributed by atoms with Gasteiger partial charge in [0.2, 0.25) is 0 Å². The maximum Gasteiger partial charge on any atom is 0.0815 e. The lowest BCUT2D eigenvalue weighted by molar-refractivity contribution is -0.869. The molecule has 0 radical (unpaired) electrons. The van der Waals surface area contributed by atoms with Crippen LogP contribution in [0.5, 0.6) is 0 Å². The van der Waals surface area contributed by atoms with Gasteiger partial charge in [0, 0.05) is 16.2 Å². The molecular formula is C20H24INS. The second kappa shape index (κ2) is 7.41. The van der Waals surface area contributed by atoms with Crippen LogP contribution in [0.25, 0.3) is 5.57 Å². The number of halogens is 1. The maximum absolute atomic E-state index is 2.43. The van der Waals surface area contributed by atoms with Crippen molar-refractivity contribution in [3.63, 3.8) is 0 Å². The van der Waals surface area contributed by atoms with Crippen molar-refractivity contribution < 1.29 is 28.5 Å². The molecule has 3 heteroatoms. The summed E-state index contributed by atoms with van der Waals surface area (Å²) in [4.78, 5) is 2.75. The highest BCUT2D eigenvalue weighted by atomic mass is 127.